The number of hydrogen-bond acceptors (Lipinski definition) is 9. The average molecular weight is 656 g/mol. The second kappa shape index (κ2) is 24.4. The molecule has 0 aromatic heterocycles. The van der Waals surface area contributed by atoms with Crippen LogP contribution < -0.4 is 21.3 Å². The first kappa shape index (κ1) is 39.4. The molecule has 4 N–H and O–H groups in total. The van der Waals surface area contributed by atoms with Gasteiger partial charge >= 0.3 is 5.97 Å². The van der Waals surface area contributed by atoms with Gasteiger partial charge in [-0.1, -0.05) is 59.1 Å². The van der Waals surface area contributed by atoms with Crippen LogP contribution in [0.25, 0.3) is 0 Å². The maximum absolute atomic E-state index is 12.8. The van der Waals surface area contributed by atoms with Crippen molar-refractivity contribution in [1.82, 2.24) is 20.9 Å². The van der Waals surface area contributed by atoms with Gasteiger partial charge in [-0.2, -0.15) is 0 Å². The Labute approximate surface area is 283 Å². The van der Waals surface area contributed by atoms with E-state index in [4.69, 9.17) is 14.2 Å². The number of hydrogen-bond donors (Lipinski definition) is 4. The number of rotatable bonds is 26. The minimum atomic E-state index is -0.206. The molecule has 1 saturated heterocycles. The lowest BCUT2D eigenvalue weighted by atomic mass is 10.1. The van der Waals surface area contributed by atoms with Crippen molar-refractivity contribution < 1.29 is 34.3 Å². The minimum Gasteiger partial charge on any atom is -0.461 e. The smallest absolute Gasteiger partial charge is 0.308 e. The lowest BCUT2D eigenvalue weighted by Crippen LogP contribution is -2.43. The Morgan fingerprint density at radius 1 is 0.913 bits per heavy atom. The Kier molecular flexibility index (Phi) is 21.0. The predicted octanol–water partition coefficient (Wildman–Crippen LogP) is 5.55. The Bertz CT molecular complexity index is 995. The summed E-state index contributed by atoms with van der Waals surface area (Å²) in [4.78, 5) is 38.3. The number of nitrogens with zero attached hydrogens (tertiary/aromatic N) is 1. The van der Waals surface area contributed by atoms with Gasteiger partial charge in [0.15, 0.2) is 0 Å². The van der Waals surface area contributed by atoms with E-state index in [1.807, 2.05) is 43.0 Å². The molecule has 1 aliphatic heterocycles. The first-order valence-electron chi connectivity index (χ1n) is 17.4. The number of ether oxygens (including phenoxy) is 3. The van der Waals surface area contributed by atoms with Gasteiger partial charge in [-0.15, -0.1) is 0 Å². The van der Waals surface area contributed by atoms with Crippen molar-refractivity contribution in [2.45, 2.75) is 111 Å². The second-order valence-electron chi connectivity index (χ2n) is 12.7. The van der Waals surface area contributed by atoms with Crippen LogP contribution in [-0.2, 0) is 35.2 Å². The van der Waals surface area contributed by atoms with Crippen molar-refractivity contribution >= 4 is 23.5 Å². The zero-order valence-corrected chi connectivity index (χ0v) is 28.9. The number of nitrogens with one attached hydrogen (secondary N) is 4. The number of likely N-dealkylation sites (tertiary alicyclic amines) is 1. The van der Waals surface area contributed by atoms with E-state index < -0.39 is 0 Å². The normalized spacial score (nSPS) is 14.7. The summed E-state index contributed by atoms with van der Waals surface area (Å²) in [6, 6.07) is 8.31. The molecule has 1 heterocycles. The maximum atomic E-state index is 12.8. The van der Waals surface area contributed by atoms with E-state index in [0.717, 1.165) is 75.8 Å². The molecular weight excluding hydrogens is 586 g/mol. The minimum absolute atomic E-state index is 0. The summed E-state index contributed by atoms with van der Waals surface area (Å²) in [7, 11) is 0. The summed E-state index contributed by atoms with van der Waals surface area (Å²) in [6.45, 7) is 12.8. The third-order valence-corrected chi connectivity index (χ3v) is 7.84. The van der Waals surface area contributed by atoms with Gasteiger partial charge in [-0.05, 0) is 62.8 Å². The van der Waals surface area contributed by atoms with E-state index in [1.54, 1.807) is 0 Å². The molecule has 1 aromatic rings. The summed E-state index contributed by atoms with van der Waals surface area (Å²) in [6.07, 6.45) is 9.75. The molecule has 270 valence electrons. The van der Waals surface area contributed by atoms with E-state index >= 15 is 0 Å². The average Bonchev–Trinajstić information content (AvgIpc) is 3.51. The van der Waals surface area contributed by atoms with Gasteiger partial charge in [0.1, 0.15) is 13.3 Å². The summed E-state index contributed by atoms with van der Waals surface area (Å²) in [5.74, 6) is -0.147. The first-order valence-corrected chi connectivity index (χ1v) is 17.4. The summed E-state index contributed by atoms with van der Waals surface area (Å²) in [5.41, 5.74) is 1.84. The van der Waals surface area contributed by atoms with E-state index in [-0.39, 0.29) is 48.6 Å². The molecule has 0 spiro atoms. The van der Waals surface area contributed by atoms with Crippen LogP contribution in [0, 0.1) is 5.92 Å². The molecule has 1 unspecified atom stereocenters. The highest BCUT2D eigenvalue weighted by Gasteiger charge is 2.28. The molecule has 46 heavy (non-hydrogen) atoms. The van der Waals surface area contributed by atoms with Gasteiger partial charge in [0, 0.05) is 43.6 Å². The predicted molar refractivity (Wildman–Crippen MR) is 191 cm³/mol. The van der Waals surface area contributed by atoms with Gasteiger partial charge in [-0.25, -0.2) is 0 Å². The highest BCUT2D eigenvalue weighted by molar-refractivity contribution is 5.79. The van der Waals surface area contributed by atoms with Crippen molar-refractivity contribution in [3.63, 3.8) is 0 Å². The second-order valence-corrected chi connectivity index (χ2v) is 12.7. The van der Waals surface area contributed by atoms with Crippen molar-refractivity contribution in [1.29, 1.82) is 0 Å². The number of esters is 1. The zero-order valence-electron chi connectivity index (χ0n) is 28.9. The van der Waals surface area contributed by atoms with Crippen molar-refractivity contribution in [2.24, 2.45) is 5.92 Å². The van der Waals surface area contributed by atoms with E-state index in [1.165, 1.54) is 12.8 Å². The molecule has 0 aliphatic carbocycles. The van der Waals surface area contributed by atoms with Crippen molar-refractivity contribution in [2.75, 3.05) is 58.2 Å². The van der Waals surface area contributed by atoms with E-state index in [0.29, 0.717) is 39.1 Å². The number of carbonyl (C=O) groups excluding carboxylic acids is 3. The van der Waals surface area contributed by atoms with Gasteiger partial charge in [0.25, 0.3) is 0 Å². The Morgan fingerprint density at radius 2 is 1.65 bits per heavy atom. The highest BCUT2D eigenvalue weighted by Crippen LogP contribution is 2.18. The SMILES string of the molecule is CC(C)NCCCCCCNC(=O)CCCCCOCNCC(=O)N1CCCC1COCNc1ccc(COC(=O)C(C)C)cc1.[HH].[HH].[HH].[HH]. The molecular formula is C35H69N5O6. The maximum Gasteiger partial charge on any atom is 0.308 e. The van der Waals surface area contributed by atoms with Gasteiger partial charge < -0.3 is 35.1 Å². The fraction of sp³-hybridized carbons (Fsp3) is 0.743. The Hall–Kier alpha value is -2.73. The van der Waals surface area contributed by atoms with E-state index in [9.17, 15) is 14.4 Å². The Balaban J connectivity index is -0.00000552. The summed E-state index contributed by atoms with van der Waals surface area (Å²) >= 11 is 0. The third kappa shape index (κ3) is 18.4. The molecule has 2 amide bonds. The van der Waals surface area contributed by atoms with Crippen LogP contribution in [0.1, 0.15) is 103 Å². The number of benzene rings is 1. The molecule has 11 heteroatoms. The number of unbranched alkanes of at least 4 members (excludes halogenated alkanes) is 5. The number of carbonyl (C=O) groups is 3. The fourth-order valence-corrected chi connectivity index (χ4v) is 5.09. The Morgan fingerprint density at radius 3 is 2.39 bits per heavy atom. The molecule has 1 aromatic carbocycles. The molecule has 1 fully saturated rings. The summed E-state index contributed by atoms with van der Waals surface area (Å²) in [5, 5.41) is 12.8. The number of amides is 2. The molecule has 0 radical (unpaired) electrons. The van der Waals surface area contributed by atoms with Crippen LogP contribution in [0.15, 0.2) is 24.3 Å². The van der Waals surface area contributed by atoms with Crippen LogP contribution in [0.3, 0.4) is 0 Å². The molecule has 0 bridgehead atoms. The fourth-order valence-electron chi connectivity index (χ4n) is 5.09. The third-order valence-electron chi connectivity index (χ3n) is 7.84. The standard InChI is InChI=1S/C35H61N5O6.4H2/c1-28(2)35(43)46-24-30-15-17-31(18-16-30)39-27-45-25-32-13-12-21-40(32)34(42)23-36-26-44-22-11-7-8-14-33(41)38-20-10-6-5-9-19-37-29(3)4;;;;/h15-18,28-29,32,36-37,39H,5-14,19-27H2,1-4H3,(H,38,41);4*1H. The lowest BCUT2D eigenvalue weighted by Gasteiger charge is -2.25. The molecule has 11 nitrogen and oxygen atoms in total. The van der Waals surface area contributed by atoms with Crippen molar-refractivity contribution in [3.8, 4) is 0 Å². The molecule has 2 rings (SSSR count). The summed E-state index contributed by atoms with van der Waals surface area (Å²) < 4.78 is 16.7. The highest BCUT2D eigenvalue weighted by atomic mass is 16.5. The first-order chi connectivity index (χ1) is 22.3. The van der Waals surface area contributed by atoms with Gasteiger partial charge in [0.2, 0.25) is 11.8 Å². The molecule has 0 saturated carbocycles. The molecule has 1 aliphatic rings. The zero-order chi connectivity index (χ0) is 33.4. The van der Waals surface area contributed by atoms with Crippen LogP contribution in [0.4, 0.5) is 5.69 Å². The lowest BCUT2D eigenvalue weighted by molar-refractivity contribution is -0.148. The van der Waals surface area contributed by atoms with Gasteiger partial charge in [-0.3, -0.25) is 19.7 Å². The largest absolute Gasteiger partial charge is 0.461 e. The monoisotopic (exact) mass is 656 g/mol. The quantitative estimate of drug-likeness (QED) is 0.0577. The van der Waals surface area contributed by atoms with E-state index in [2.05, 4.69) is 35.1 Å². The number of anilines is 1. The van der Waals surface area contributed by atoms with Crippen LogP contribution in [0.2, 0.25) is 0 Å². The topological polar surface area (TPSA) is 130 Å². The van der Waals surface area contributed by atoms with Gasteiger partial charge in [0.05, 0.1) is 31.8 Å². The van der Waals surface area contributed by atoms with Crippen molar-refractivity contribution in [3.05, 3.63) is 29.8 Å². The van der Waals surface area contributed by atoms with Crippen LogP contribution >= 0.6 is 0 Å². The molecule has 1 atom stereocenters. The van der Waals surface area contributed by atoms with Crippen LogP contribution in [-0.4, -0.2) is 87.6 Å². The van der Waals surface area contributed by atoms with Crippen LogP contribution in [0.5, 0.6) is 0 Å².